The Morgan fingerprint density at radius 2 is 2.00 bits per heavy atom. The first-order chi connectivity index (χ1) is 5.70. The van der Waals surface area contributed by atoms with Crippen molar-refractivity contribution in [1.29, 1.82) is 0 Å². The molecule has 0 bridgehead atoms. The summed E-state index contributed by atoms with van der Waals surface area (Å²) in [4.78, 5) is 2.58. The molecule has 0 aromatic rings. The van der Waals surface area contributed by atoms with Crippen molar-refractivity contribution in [2.45, 2.75) is 58.5 Å². The minimum Gasteiger partial charge on any atom is -0.300 e. The molecule has 0 amide bonds. The third-order valence-corrected chi connectivity index (χ3v) is 3.52. The van der Waals surface area contributed by atoms with Crippen molar-refractivity contribution >= 4 is 0 Å². The molecule has 1 heterocycles. The van der Waals surface area contributed by atoms with Gasteiger partial charge in [-0.2, -0.15) is 0 Å². The summed E-state index contributed by atoms with van der Waals surface area (Å²) < 4.78 is 0. The molecule has 1 nitrogen and oxygen atoms in total. The molecule has 3 unspecified atom stereocenters. The molecule has 0 aliphatic carbocycles. The van der Waals surface area contributed by atoms with Crippen LogP contribution in [0.15, 0.2) is 0 Å². The fourth-order valence-corrected chi connectivity index (χ4v) is 2.59. The Labute approximate surface area is 77.1 Å². The molecule has 12 heavy (non-hydrogen) atoms. The maximum Gasteiger partial charge on any atom is 0.0124 e. The molecule has 0 aromatic carbocycles. The Hall–Kier alpha value is -0.0400. The van der Waals surface area contributed by atoms with Crippen molar-refractivity contribution in [2.75, 3.05) is 7.05 Å². The second kappa shape index (κ2) is 4.27. The van der Waals surface area contributed by atoms with E-state index >= 15 is 0 Å². The summed E-state index contributed by atoms with van der Waals surface area (Å²) in [6.45, 7) is 6.99. The molecule has 1 heteroatoms. The highest BCUT2D eigenvalue weighted by atomic mass is 15.2. The highest BCUT2D eigenvalue weighted by Gasteiger charge is 2.34. The quantitative estimate of drug-likeness (QED) is 0.628. The van der Waals surface area contributed by atoms with Crippen LogP contribution in [0.5, 0.6) is 0 Å². The van der Waals surface area contributed by atoms with Crippen molar-refractivity contribution in [3.8, 4) is 0 Å². The third kappa shape index (κ3) is 1.82. The van der Waals surface area contributed by atoms with Crippen LogP contribution in [0.25, 0.3) is 0 Å². The Morgan fingerprint density at radius 3 is 2.50 bits per heavy atom. The lowest BCUT2D eigenvalue weighted by atomic mass is 9.93. The summed E-state index contributed by atoms with van der Waals surface area (Å²) >= 11 is 0. The van der Waals surface area contributed by atoms with Gasteiger partial charge in [0.25, 0.3) is 0 Å². The molecular weight excluding hydrogens is 146 g/mol. The van der Waals surface area contributed by atoms with Crippen LogP contribution < -0.4 is 0 Å². The molecule has 3 atom stereocenters. The Bertz CT molecular complexity index is 133. The Balaban J connectivity index is 2.53. The first-order valence-corrected chi connectivity index (χ1v) is 5.42. The van der Waals surface area contributed by atoms with E-state index in [1.807, 2.05) is 0 Å². The van der Waals surface area contributed by atoms with E-state index in [2.05, 4.69) is 32.7 Å². The fourth-order valence-electron chi connectivity index (χ4n) is 2.59. The molecule has 1 aliphatic heterocycles. The van der Waals surface area contributed by atoms with Gasteiger partial charge in [-0.05, 0) is 32.7 Å². The summed E-state index contributed by atoms with van der Waals surface area (Å²) in [6.07, 6.45) is 5.49. The summed E-state index contributed by atoms with van der Waals surface area (Å²) in [6, 6.07) is 1.68. The van der Waals surface area contributed by atoms with Crippen LogP contribution in [0, 0.1) is 5.92 Å². The van der Waals surface area contributed by atoms with E-state index in [0.717, 1.165) is 18.0 Å². The van der Waals surface area contributed by atoms with Crippen molar-refractivity contribution in [1.82, 2.24) is 4.90 Å². The number of likely N-dealkylation sites (tertiary alicyclic amines) is 1. The first-order valence-electron chi connectivity index (χ1n) is 5.42. The largest absolute Gasteiger partial charge is 0.300 e. The van der Waals surface area contributed by atoms with E-state index < -0.39 is 0 Å². The summed E-state index contributed by atoms with van der Waals surface area (Å²) in [5.74, 6) is 0.963. The molecular formula is C11H23N. The average molecular weight is 169 g/mol. The van der Waals surface area contributed by atoms with Gasteiger partial charge in [-0.1, -0.05) is 26.7 Å². The number of nitrogens with zero attached hydrogens (tertiary/aromatic N) is 1. The van der Waals surface area contributed by atoms with Gasteiger partial charge in [0.1, 0.15) is 0 Å². The van der Waals surface area contributed by atoms with Gasteiger partial charge in [0.2, 0.25) is 0 Å². The zero-order valence-corrected chi connectivity index (χ0v) is 9.01. The second-order valence-electron chi connectivity index (χ2n) is 4.27. The Kier molecular flexibility index (Phi) is 3.57. The predicted octanol–water partition coefficient (Wildman–Crippen LogP) is 2.91. The zero-order valence-electron chi connectivity index (χ0n) is 9.01. The highest BCUT2D eigenvalue weighted by Crippen LogP contribution is 2.32. The smallest absolute Gasteiger partial charge is 0.0124 e. The molecule has 1 fully saturated rings. The monoisotopic (exact) mass is 169 g/mol. The molecule has 1 saturated heterocycles. The van der Waals surface area contributed by atoms with Crippen LogP contribution in [0.4, 0.5) is 0 Å². The van der Waals surface area contributed by atoms with Crippen LogP contribution >= 0.6 is 0 Å². The first kappa shape index (κ1) is 10.0. The van der Waals surface area contributed by atoms with E-state index in [-0.39, 0.29) is 0 Å². The van der Waals surface area contributed by atoms with E-state index in [4.69, 9.17) is 0 Å². The predicted molar refractivity (Wildman–Crippen MR) is 54.3 cm³/mol. The molecule has 0 N–H and O–H groups in total. The standard InChI is InChI=1S/C11H23N/c1-5-7-11-10(6-2)8-9(3)12(11)4/h9-11H,5-8H2,1-4H3. The van der Waals surface area contributed by atoms with E-state index in [1.165, 1.54) is 25.7 Å². The van der Waals surface area contributed by atoms with Crippen molar-refractivity contribution < 1.29 is 0 Å². The molecule has 0 radical (unpaired) electrons. The van der Waals surface area contributed by atoms with Crippen molar-refractivity contribution in [3.63, 3.8) is 0 Å². The lowest BCUT2D eigenvalue weighted by Crippen LogP contribution is -2.32. The van der Waals surface area contributed by atoms with Crippen LogP contribution in [0.3, 0.4) is 0 Å². The van der Waals surface area contributed by atoms with Gasteiger partial charge in [0, 0.05) is 12.1 Å². The van der Waals surface area contributed by atoms with Gasteiger partial charge in [0.15, 0.2) is 0 Å². The highest BCUT2D eigenvalue weighted by molar-refractivity contribution is 4.88. The van der Waals surface area contributed by atoms with E-state index in [9.17, 15) is 0 Å². The summed E-state index contributed by atoms with van der Waals surface area (Å²) in [5.41, 5.74) is 0. The van der Waals surface area contributed by atoms with Gasteiger partial charge in [-0.15, -0.1) is 0 Å². The SMILES string of the molecule is CCCC1C(CC)CC(C)N1C. The molecule has 0 aromatic heterocycles. The van der Waals surface area contributed by atoms with Gasteiger partial charge in [-0.25, -0.2) is 0 Å². The number of hydrogen-bond donors (Lipinski definition) is 0. The number of rotatable bonds is 3. The van der Waals surface area contributed by atoms with Crippen LogP contribution in [0.1, 0.15) is 46.5 Å². The fraction of sp³-hybridized carbons (Fsp3) is 1.00. The topological polar surface area (TPSA) is 3.24 Å². The normalized spacial score (nSPS) is 37.5. The summed E-state index contributed by atoms with van der Waals surface area (Å²) in [7, 11) is 2.29. The minimum absolute atomic E-state index is 0.812. The maximum atomic E-state index is 2.58. The lowest BCUT2D eigenvalue weighted by molar-refractivity contribution is 0.218. The summed E-state index contributed by atoms with van der Waals surface area (Å²) in [5, 5.41) is 0. The van der Waals surface area contributed by atoms with Crippen LogP contribution in [0.2, 0.25) is 0 Å². The molecule has 0 saturated carbocycles. The zero-order chi connectivity index (χ0) is 9.14. The van der Waals surface area contributed by atoms with Crippen molar-refractivity contribution in [2.24, 2.45) is 5.92 Å². The van der Waals surface area contributed by atoms with E-state index in [0.29, 0.717) is 0 Å². The van der Waals surface area contributed by atoms with Gasteiger partial charge in [-0.3, -0.25) is 0 Å². The van der Waals surface area contributed by atoms with Crippen LogP contribution in [-0.2, 0) is 0 Å². The van der Waals surface area contributed by atoms with Gasteiger partial charge < -0.3 is 4.90 Å². The third-order valence-electron chi connectivity index (χ3n) is 3.52. The maximum absolute atomic E-state index is 2.58. The molecule has 72 valence electrons. The molecule has 0 spiro atoms. The lowest BCUT2D eigenvalue weighted by Gasteiger charge is -2.25. The van der Waals surface area contributed by atoms with Crippen molar-refractivity contribution in [3.05, 3.63) is 0 Å². The minimum atomic E-state index is 0.812. The van der Waals surface area contributed by atoms with E-state index in [1.54, 1.807) is 0 Å². The average Bonchev–Trinajstić information content (AvgIpc) is 2.33. The van der Waals surface area contributed by atoms with Gasteiger partial charge in [0.05, 0.1) is 0 Å². The second-order valence-corrected chi connectivity index (χ2v) is 4.27. The Morgan fingerprint density at radius 1 is 1.33 bits per heavy atom. The van der Waals surface area contributed by atoms with Gasteiger partial charge >= 0.3 is 0 Å². The molecule has 1 aliphatic rings. The number of hydrogen-bond acceptors (Lipinski definition) is 1. The van der Waals surface area contributed by atoms with Crippen LogP contribution in [-0.4, -0.2) is 24.0 Å². The molecule has 1 rings (SSSR count).